The Morgan fingerprint density at radius 1 is 1.15 bits per heavy atom. The van der Waals surface area contributed by atoms with Crippen LogP contribution < -0.4 is 5.32 Å². The van der Waals surface area contributed by atoms with Crippen molar-refractivity contribution in [1.82, 2.24) is 4.90 Å². The van der Waals surface area contributed by atoms with Crippen molar-refractivity contribution in [2.24, 2.45) is 0 Å². The molecule has 2 amide bonds. The van der Waals surface area contributed by atoms with Crippen LogP contribution in [-0.2, 0) is 6.54 Å². The SMILES string of the molecule is CCN(Cc1ccc(Cl)s1)C(=O)c1ccccc1NC(=O)c1ccsc1. The van der Waals surface area contributed by atoms with E-state index >= 15 is 0 Å². The third kappa shape index (κ3) is 4.33. The van der Waals surface area contributed by atoms with Gasteiger partial charge in [-0.25, -0.2) is 0 Å². The summed E-state index contributed by atoms with van der Waals surface area (Å²) in [6, 6.07) is 12.6. The number of thiophene rings is 2. The van der Waals surface area contributed by atoms with Crippen LogP contribution in [-0.4, -0.2) is 23.3 Å². The van der Waals surface area contributed by atoms with Crippen molar-refractivity contribution < 1.29 is 9.59 Å². The predicted octanol–water partition coefficient (Wildman–Crippen LogP) is 5.38. The molecule has 26 heavy (non-hydrogen) atoms. The molecule has 1 N–H and O–H groups in total. The Labute approximate surface area is 165 Å². The molecule has 0 bridgehead atoms. The second-order valence-corrected chi connectivity index (χ2v) is 8.12. The van der Waals surface area contributed by atoms with E-state index in [2.05, 4.69) is 5.32 Å². The van der Waals surface area contributed by atoms with Gasteiger partial charge in [0, 0.05) is 16.8 Å². The molecule has 1 aromatic carbocycles. The zero-order valence-corrected chi connectivity index (χ0v) is 16.5. The number of para-hydroxylation sites is 1. The van der Waals surface area contributed by atoms with E-state index in [4.69, 9.17) is 11.6 Å². The first-order chi connectivity index (χ1) is 12.6. The zero-order chi connectivity index (χ0) is 18.5. The first-order valence-corrected chi connectivity index (χ1v) is 10.2. The molecule has 3 rings (SSSR count). The molecule has 0 aliphatic rings. The number of carbonyl (C=O) groups is 2. The Balaban J connectivity index is 1.81. The second kappa shape index (κ2) is 8.49. The lowest BCUT2D eigenvalue weighted by Gasteiger charge is -2.21. The molecule has 2 aromatic heterocycles. The van der Waals surface area contributed by atoms with Crippen molar-refractivity contribution in [2.45, 2.75) is 13.5 Å². The van der Waals surface area contributed by atoms with Crippen LogP contribution in [0.15, 0.2) is 53.2 Å². The van der Waals surface area contributed by atoms with E-state index < -0.39 is 0 Å². The van der Waals surface area contributed by atoms with Crippen LogP contribution in [0.3, 0.4) is 0 Å². The molecule has 2 heterocycles. The number of hydrogen-bond acceptors (Lipinski definition) is 4. The summed E-state index contributed by atoms with van der Waals surface area (Å²) in [5.41, 5.74) is 1.56. The molecule has 0 saturated heterocycles. The van der Waals surface area contributed by atoms with Gasteiger partial charge in [-0.05, 0) is 42.6 Å². The van der Waals surface area contributed by atoms with Gasteiger partial charge in [-0.2, -0.15) is 11.3 Å². The number of anilines is 1. The van der Waals surface area contributed by atoms with Gasteiger partial charge < -0.3 is 10.2 Å². The van der Waals surface area contributed by atoms with E-state index in [1.165, 1.54) is 22.7 Å². The van der Waals surface area contributed by atoms with Crippen LogP contribution in [0.2, 0.25) is 4.34 Å². The Hall–Kier alpha value is -2.15. The minimum atomic E-state index is -0.223. The molecule has 4 nitrogen and oxygen atoms in total. The quantitative estimate of drug-likeness (QED) is 0.599. The highest BCUT2D eigenvalue weighted by molar-refractivity contribution is 7.16. The third-order valence-corrected chi connectivity index (χ3v) is 5.73. The van der Waals surface area contributed by atoms with Crippen molar-refractivity contribution >= 4 is 51.8 Å². The number of halogens is 1. The van der Waals surface area contributed by atoms with Gasteiger partial charge >= 0.3 is 0 Å². The molecule has 0 aliphatic carbocycles. The fourth-order valence-corrected chi connectivity index (χ4v) is 4.23. The first-order valence-electron chi connectivity index (χ1n) is 8.04. The molecule has 7 heteroatoms. The van der Waals surface area contributed by atoms with E-state index in [1.807, 2.05) is 24.4 Å². The lowest BCUT2D eigenvalue weighted by atomic mass is 10.1. The maximum Gasteiger partial charge on any atom is 0.256 e. The number of nitrogens with one attached hydrogen (secondary N) is 1. The summed E-state index contributed by atoms with van der Waals surface area (Å²) in [7, 11) is 0. The van der Waals surface area contributed by atoms with Gasteiger partial charge in [0.25, 0.3) is 11.8 Å². The maximum absolute atomic E-state index is 13.0. The monoisotopic (exact) mass is 404 g/mol. The van der Waals surface area contributed by atoms with Gasteiger partial charge in [0.2, 0.25) is 0 Å². The van der Waals surface area contributed by atoms with Crippen molar-refractivity contribution in [3.63, 3.8) is 0 Å². The van der Waals surface area contributed by atoms with Crippen LogP contribution in [0.25, 0.3) is 0 Å². The average molecular weight is 405 g/mol. The van der Waals surface area contributed by atoms with Gasteiger partial charge in [0.1, 0.15) is 0 Å². The van der Waals surface area contributed by atoms with Gasteiger partial charge in [-0.3, -0.25) is 9.59 Å². The molecular formula is C19H17ClN2O2S2. The second-order valence-electron chi connectivity index (χ2n) is 5.54. The predicted molar refractivity (Wildman–Crippen MR) is 108 cm³/mol. The molecule has 0 aliphatic heterocycles. The molecule has 0 saturated carbocycles. The van der Waals surface area contributed by atoms with E-state index in [0.717, 1.165) is 4.88 Å². The number of hydrogen-bond donors (Lipinski definition) is 1. The lowest BCUT2D eigenvalue weighted by Crippen LogP contribution is -2.31. The molecule has 0 unspecified atom stereocenters. The van der Waals surface area contributed by atoms with Crippen molar-refractivity contribution in [2.75, 3.05) is 11.9 Å². The number of nitrogens with zero attached hydrogens (tertiary/aromatic N) is 1. The summed E-state index contributed by atoms with van der Waals surface area (Å²) in [5, 5.41) is 6.46. The molecule has 134 valence electrons. The normalized spacial score (nSPS) is 10.5. The standard InChI is InChI=1S/C19H17ClN2O2S2/c1-2-22(11-14-7-8-17(20)26-14)19(24)15-5-3-4-6-16(15)21-18(23)13-9-10-25-12-13/h3-10,12H,2,11H2,1H3,(H,21,23). The third-order valence-electron chi connectivity index (χ3n) is 3.83. The van der Waals surface area contributed by atoms with Crippen molar-refractivity contribution in [3.8, 4) is 0 Å². The summed E-state index contributed by atoms with van der Waals surface area (Å²) in [5.74, 6) is -0.349. The van der Waals surface area contributed by atoms with Gasteiger partial charge in [-0.15, -0.1) is 11.3 Å². The topological polar surface area (TPSA) is 49.4 Å². The fourth-order valence-electron chi connectivity index (χ4n) is 2.49. The Kier molecular flexibility index (Phi) is 6.08. The Morgan fingerprint density at radius 2 is 1.96 bits per heavy atom. The van der Waals surface area contributed by atoms with Crippen LogP contribution in [0.4, 0.5) is 5.69 Å². The number of carbonyl (C=O) groups excluding carboxylic acids is 2. The molecular weight excluding hydrogens is 388 g/mol. The van der Waals surface area contributed by atoms with Gasteiger partial charge in [0.15, 0.2) is 0 Å². The highest BCUT2D eigenvalue weighted by Crippen LogP contribution is 2.25. The number of amides is 2. The summed E-state index contributed by atoms with van der Waals surface area (Å²) < 4.78 is 0.701. The fraction of sp³-hybridized carbons (Fsp3) is 0.158. The van der Waals surface area contributed by atoms with Crippen LogP contribution >= 0.6 is 34.3 Å². The minimum Gasteiger partial charge on any atom is -0.334 e. The van der Waals surface area contributed by atoms with Crippen molar-refractivity contribution in [3.05, 3.63) is 73.6 Å². The summed E-state index contributed by atoms with van der Waals surface area (Å²) in [4.78, 5) is 28.1. The van der Waals surface area contributed by atoms with Crippen LogP contribution in [0.5, 0.6) is 0 Å². The van der Waals surface area contributed by atoms with Crippen LogP contribution in [0.1, 0.15) is 32.5 Å². The first kappa shape index (κ1) is 18.6. The molecule has 0 atom stereocenters. The lowest BCUT2D eigenvalue weighted by molar-refractivity contribution is 0.0755. The smallest absolute Gasteiger partial charge is 0.256 e. The maximum atomic E-state index is 13.0. The van der Waals surface area contributed by atoms with E-state index in [-0.39, 0.29) is 11.8 Å². The zero-order valence-electron chi connectivity index (χ0n) is 14.1. The molecule has 3 aromatic rings. The van der Waals surface area contributed by atoms with E-state index in [1.54, 1.807) is 40.6 Å². The summed E-state index contributed by atoms with van der Waals surface area (Å²) >= 11 is 8.90. The molecule has 0 fully saturated rings. The Morgan fingerprint density at radius 3 is 2.62 bits per heavy atom. The highest BCUT2D eigenvalue weighted by Gasteiger charge is 2.20. The van der Waals surface area contributed by atoms with Gasteiger partial charge in [0.05, 0.1) is 27.7 Å². The molecule has 0 spiro atoms. The number of benzene rings is 1. The minimum absolute atomic E-state index is 0.127. The highest BCUT2D eigenvalue weighted by atomic mass is 35.5. The Bertz CT molecular complexity index is 906. The molecule has 0 radical (unpaired) electrons. The summed E-state index contributed by atoms with van der Waals surface area (Å²) in [6.45, 7) is 2.97. The van der Waals surface area contributed by atoms with Crippen molar-refractivity contribution in [1.29, 1.82) is 0 Å². The number of rotatable bonds is 6. The average Bonchev–Trinajstić information content (AvgIpc) is 3.31. The largest absolute Gasteiger partial charge is 0.334 e. The summed E-state index contributed by atoms with van der Waals surface area (Å²) in [6.07, 6.45) is 0. The van der Waals surface area contributed by atoms with E-state index in [9.17, 15) is 9.59 Å². The van der Waals surface area contributed by atoms with Crippen LogP contribution in [0, 0.1) is 0 Å². The van der Waals surface area contributed by atoms with Gasteiger partial charge in [-0.1, -0.05) is 23.7 Å². The van der Waals surface area contributed by atoms with E-state index in [0.29, 0.717) is 34.2 Å².